The molecule has 174 valence electrons. The van der Waals surface area contributed by atoms with Crippen molar-refractivity contribution in [1.82, 2.24) is 0 Å². The highest BCUT2D eigenvalue weighted by Gasteiger charge is 2.43. The fraction of sp³-hybridized carbons (Fsp3) is 0.517. The number of rotatable bonds is 15. The molecule has 3 heteroatoms. The highest BCUT2D eigenvalue weighted by molar-refractivity contribution is 6.92. The first-order valence-electron chi connectivity index (χ1n) is 12.9. The first-order valence-corrected chi connectivity index (χ1v) is 14.7. The van der Waals surface area contributed by atoms with Crippen molar-refractivity contribution in [2.24, 2.45) is 5.92 Å². The molecule has 0 amide bonds. The zero-order chi connectivity index (χ0) is 22.3. The number of hydrogen-bond donors (Lipinski definition) is 0. The average molecular weight is 451 g/mol. The predicted octanol–water partition coefficient (Wildman–Crippen LogP) is 6.77. The second-order valence-corrected chi connectivity index (χ2v) is 12.1. The summed E-state index contributed by atoms with van der Waals surface area (Å²) in [5.41, 5.74) is 0. The molecule has 0 heterocycles. The molecule has 0 saturated heterocycles. The summed E-state index contributed by atoms with van der Waals surface area (Å²) in [6.45, 7) is 3.83. The van der Waals surface area contributed by atoms with Crippen molar-refractivity contribution in [1.29, 1.82) is 0 Å². The molecule has 1 unspecified atom stereocenters. The van der Waals surface area contributed by atoms with E-state index in [0.29, 0.717) is 5.92 Å². The van der Waals surface area contributed by atoms with E-state index in [4.69, 9.17) is 8.85 Å². The summed E-state index contributed by atoms with van der Waals surface area (Å²) < 4.78 is 13.7. The zero-order valence-corrected chi connectivity index (χ0v) is 21.0. The van der Waals surface area contributed by atoms with Gasteiger partial charge in [0.05, 0.1) is 0 Å². The second-order valence-electron chi connectivity index (χ2n) is 9.13. The molecule has 0 aliphatic heterocycles. The van der Waals surface area contributed by atoms with Gasteiger partial charge in [-0.1, -0.05) is 125 Å². The number of unbranched alkanes of at least 4 members (excludes halogenated alkanes) is 7. The van der Waals surface area contributed by atoms with Gasteiger partial charge < -0.3 is 8.85 Å². The Morgan fingerprint density at radius 3 is 1.88 bits per heavy atom. The molecule has 0 N–H and O–H groups in total. The molecule has 0 aromatic heterocycles. The highest BCUT2D eigenvalue weighted by atomic mass is 28.4. The van der Waals surface area contributed by atoms with E-state index in [1.807, 2.05) is 0 Å². The van der Waals surface area contributed by atoms with Crippen LogP contribution in [0, 0.1) is 5.92 Å². The van der Waals surface area contributed by atoms with Crippen LogP contribution < -0.4 is 10.4 Å². The van der Waals surface area contributed by atoms with Gasteiger partial charge in [-0.2, -0.15) is 0 Å². The molecular formula is C29H42O2Si. The van der Waals surface area contributed by atoms with Crippen molar-refractivity contribution in [2.45, 2.75) is 77.6 Å². The van der Waals surface area contributed by atoms with Crippen molar-refractivity contribution in [2.75, 3.05) is 13.2 Å². The molecule has 32 heavy (non-hydrogen) atoms. The quantitative estimate of drug-likeness (QED) is 0.169. The lowest BCUT2D eigenvalue weighted by atomic mass is 9.96. The first-order chi connectivity index (χ1) is 15.8. The third-order valence-corrected chi connectivity index (χ3v) is 9.88. The van der Waals surface area contributed by atoms with Crippen LogP contribution in [0.4, 0.5) is 0 Å². The van der Waals surface area contributed by atoms with Crippen LogP contribution in [0.15, 0.2) is 72.8 Å². The van der Waals surface area contributed by atoms with Crippen molar-refractivity contribution >= 4 is 18.9 Å². The SMILES string of the molecule is CCCCCCCCCCO[Si](OCC1CC=CCC1)(c1ccccc1)c1ccccc1. The van der Waals surface area contributed by atoms with E-state index in [2.05, 4.69) is 79.7 Å². The predicted molar refractivity (Wildman–Crippen MR) is 139 cm³/mol. The average Bonchev–Trinajstić information content (AvgIpc) is 2.87. The smallest absolute Gasteiger partial charge is 0.388 e. The van der Waals surface area contributed by atoms with Crippen molar-refractivity contribution in [3.8, 4) is 0 Å². The summed E-state index contributed by atoms with van der Waals surface area (Å²) in [6, 6.07) is 21.4. The van der Waals surface area contributed by atoms with E-state index in [0.717, 1.165) is 26.1 Å². The summed E-state index contributed by atoms with van der Waals surface area (Å²) in [5, 5.41) is 2.44. The van der Waals surface area contributed by atoms with Gasteiger partial charge >= 0.3 is 8.56 Å². The summed E-state index contributed by atoms with van der Waals surface area (Å²) in [7, 11) is -2.74. The first kappa shape index (κ1) is 24.9. The molecule has 0 saturated carbocycles. The lowest BCUT2D eigenvalue weighted by molar-refractivity contribution is 0.158. The maximum atomic E-state index is 6.90. The van der Waals surface area contributed by atoms with Gasteiger partial charge in [0.25, 0.3) is 0 Å². The lowest BCUT2D eigenvalue weighted by Crippen LogP contribution is -2.64. The van der Waals surface area contributed by atoms with Crippen LogP contribution in [0.2, 0.25) is 0 Å². The minimum Gasteiger partial charge on any atom is -0.388 e. The summed E-state index contributed by atoms with van der Waals surface area (Å²) in [5.74, 6) is 0.589. The Bertz CT molecular complexity index is 720. The molecule has 0 spiro atoms. The molecule has 0 bridgehead atoms. The number of hydrogen-bond acceptors (Lipinski definition) is 2. The molecule has 2 aromatic rings. The Balaban J connectivity index is 1.67. The van der Waals surface area contributed by atoms with Crippen LogP contribution in [-0.4, -0.2) is 21.8 Å². The van der Waals surface area contributed by atoms with Gasteiger partial charge in [0, 0.05) is 13.2 Å². The minimum absolute atomic E-state index is 0.589. The molecule has 2 nitrogen and oxygen atoms in total. The standard InChI is InChI=1S/C29H42O2Si/c1-2-3-4-5-6-7-8-18-25-30-32(28-21-14-10-15-22-28,29-23-16-11-17-24-29)31-26-27-19-12-9-13-20-27/h9-12,14-17,21-24,27H,2-8,13,18-20,25-26H2,1H3. The fourth-order valence-corrected chi connectivity index (χ4v) is 7.80. The van der Waals surface area contributed by atoms with E-state index in [1.54, 1.807) is 0 Å². The van der Waals surface area contributed by atoms with Gasteiger partial charge in [-0.15, -0.1) is 0 Å². The van der Waals surface area contributed by atoms with E-state index in [-0.39, 0.29) is 0 Å². The topological polar surface area (TPSA) is 18.5 Å². The van der Waals surface area contributed by atoms with Gasteiger partial charge in [-0.25, -0.2) is 0 Å². The molecule has 1 aliphatic carbocycles. The van der Waals surface area contributed by atoms with Crippen LogP contribution in [0.5, 0.6) is 0 Å². The maximum Gasteiger partial charge on any atom is 0.407 e. The van der Waals surface area contributed by atoms with Gasteiger partial charge in [0.2, 0.25) is 0 Å². The largest absolute Gasteiger partial charge is 0.407 e. The Morgan fingerprint density at radius 2 is 1.31 bits per heavy atom. The molecule has 1 atom stereocenters. The van der Waals surface area contributed by atoms with Gasteiger partial charge in [0.1, 0.15) is 0 Å². The van der Waals surface area contributed by atoms with Crippen LogP contribution in [0.1, 0.15) is 77.6 Å². The van der Waals surface area contributed by atoms with Crippen molar-refractivity contribution < 1.29 is 8.85 Å². The van der Waals surface area contributed by atoms with Gasteiger partial charge in [-0.3, -0.25) is 0 Å². The van der Waals surface area contributed by atoms with Crippen LogP contribution in [0.25, 0.3) is 0 Å². The van der Waals surface area contributed by atoms with Crippen LogP contribution in [0.3, 0.4) is 0 Å². The monoisotopic (exact) mass is 450 g/mol. The Labute approximate surface area is 197 Å². The zero-order valence-electron chi connectivity index (χ0n) is 20.0. The highest BCUT2D eigenvalue weighted by Crippen LogP contribution is 2.21. The number of benzene rings is 2. The van der Waals surface area contributed by atoms with Crippen molar-refractivity contribution in [3.05, 3.63) is 72.8 Å². The lowest BCUT2D eigenvalue weighted by Gasteiger charge is -2.33. The van der Waals surface area contributed by atoms with Crippen molar-refractivity contribution in [3.63, 3.8) is 0 Å². The number of allylic oxidation sites excluding steroid dienone is 2. The summed E-state index contributed by atoms with van der Waals surface area (Å²) in [6.07, 6.45) is 18.6. The van der Waals surface area contributed by atoms with E-state index < -0.39 is 8.56 Å². The van der Waals surface area contributed by atoms with E-state index >= 15 is 0 Å². The molecular weight excluding hydrogens is 408 g/mol. The molecule has 3 rings (SSSR count). The van der Waals surface area contributed by atoms with Gasteiger partial charge in [0.15, 0.2) is 0 Å². The molecule has 1 aliphatic rings. The van der Waals surface area contributed by atoms with E-state index in [1.165, 1.54) is 68.2 Å². The Morgan fingerprint density at radius 1 is 0.719 bits per heavy atom. The second kappa shape index (κ2) is 14.5. The maximum absolute atomic E-state index is 6.90. The molecule has 0 radical (unpaired) electrons. The molecule has 0 fully saturated rings. The molecule has 2 aromatic carbocycles. The Kier molecular flexibility index (Phi) is 11.3. The third kappa shape index (κ3) is 7.72. The van der Waals surface area contributed by atoms with Crippen LogP contribution >= 0.6 is 0 Å². The minimum atomic E-state index is -2.74. The summed E-state index contributed by atoms with van der Waals surface area (Å²) >= 11 is 0. The normalized spacial score (nSPS) is 16.3. The van der Waals surface area contributed by atoms with E-state index in [9.17, 15) is 0 Å². The third-order valence-electron chi connectivity index (χ3n) is 6.51. The van der Waals surface area contributed by atoms with Crippen LogP contribution in [-0.2, 0) is 8.85 Å². The Hall–Kier alpha value is -1.68. The summed E-state index contributed by atoms with van der Waals surface area (Å²) in [4.78, 5) is 0. The van der Waals surface area contributed by atoms with Gasteiger partial charge in [-0.05, 0) is 42.0 Å². The fourth-order valence-electron chi connectivity index (χ4n) is 4.55.